The van der Waals surface area contributed by atoms with Gasteiger partial charge >= 0.3 is 10.5 Å². The molecule has 13 heavy (non-hydrogen) atoms. The maximum atomic E-state index is 10.3. The van der Waals surface area contributed by atoms with Crippen LogP contribution in [0.1, 0.15) is 0 Å². The zero-order valence-corrected chi connectivity index (χ0v) is 7.25. The first-order valence-electron chi connectivity index (χ1n) is 3.51. The van der Waals surface area contributed by atoms with Gasteiger partial charge in [0.2, 0.25) is 0 Å². The second-order valence-electron chi connectivity index (χ2n) is 2.40. The monoisotopic (exact) mass is 195 g/mol. The van der Waals surface area contributed by atoms with E-state index in [0.29, 0.717) is 5.39 Å². The van der Waals surface area contributed by atoms with Gasteiger partial charge in [0.05, 0.1) is 5.52 Å². The van der Waals surface area contributed by atoms with Crippen molar-refractivity contribution in [3.8, 4) is 0 Å². The predicted octanol–water partition coefficient (Wildman–Crippen LogP) is 1.26. The lowest BCUT2D eigenvalue weighted by atomic mass is 10.2. The Kier molecular flexibility index (Phi) is 1.82. The zero-order valence-electron chi connectivity index (χ0n) is 6.43. The quantitative estimate of drug-likeness (QED) is 0.744. The average molecular weight is 195 g/mol. The van der Waals surface area contributed by atoms with E-state index in [1.165, 1.54) is 0 Å². The second-order valence-corrected chi connectivity index (χ2v) is 3.02. The van der Waals surface area contributed by atoms with Crippen molar-refractivity contribution in [1.29, 1.82) is 0 Å². The van der Waals surface area contributed by atoms with Gasteiger partial charge in [-0.25, -0.2) is 0 Å². The number of aromatic nitrogens is 2. The van der Waals surface area contributed by atoms with Gasteiger partial charge in [-0.05, 0) is 12.1 Å². The minimum atomic E-state index is -2.46. The summed E-state index contributed by atoms with van der Waals surface area (Å²) in [7, 11) is -2.46. The van der Waals surface area contributed by atoms with E-state index in [1.54, 1.807) is 18.2 Å². The molecule has 0 atom stereocenters. The molecule has 2 rings (SSSR count). The van der Waals surface area contributed by atoms with Gasteiger partial charge in [-0.1, -0.05) is 12.1 Å². The number of H-pyrrole nitrogens is 1. The van der Waals surface area contributed by atoms with Crippen LogP contribution in [0.2, 0.25) is 0 Å². The average Bonchev–Trinajstić information content (AvgIpc) is 2.48. The van der Waals surface area contributed by atoms with Crippen LogP contribution in [0.4, 0.5) is 5.82 Å². The third-order valence-electron chi connectivity index (χ3n) is 1.61. The highest BCUT2D eigenvalue weighted by Gasteiger charge is 2.02. The van der Waals surface area contributed by atoms with E-state index in [9.17, 15) is 8.42 Å². The fourth-order valence-corrected chi connectivity index (χ4v) is 1.37. The molecule has 1 aromatic carbocycles. The Morgan fingerprint density at radius 3 is 2.85 bits per heavy atom. The minimum absolute atomic E-state index is 0.198. The molecule has 0 bridgehead atoms. The van der Waals surface area contributed by atoms with Crippen LogP contribution >= 0.6 is 0 Å². The molecule has 0 amide bonds. The van der Waals surface area contributed by atoms with Crippen LogP contribution in [0, 0.1) is 0 Å². The molecule has 0 saturated heterocycles. The first-order chi connectivity index (χ1) is 6.27. The number of aromatic amines is 1. The van der Waals surface area contributed by atoms with Crippen LogP contribution in [0.25, 0.3) is 10.9 Å². The molecule has 0 radical (unpaired) electrons. The Morgan fingerprint density at radius 2 is 2.08 bits per heavy atom. The first-order valence-corrected chi connectivity index (χ1v) is 4.55. The molecule has 66 valence electrons. The smallest absolute Gasteiger partial charge is 0.276 e. The molecule has 0 aliphatic rings. The number of nitrogens with zero attached hydrogens (tertiary/aromatic N) is 2. The van der Waals surface area contributed by atoms with Crippen molar-refractivity contribution in [3.63, 3.8) is 0 Å². The highest BCUT2D eigenvalue weighted by atomic mass is 32.2. The van der Waals surface area contributed by atoms with E-state index < -0.39 is 10.5 Å². The van der Waals surface area contributed by atoms with Gasteiger partial charge in [-0.15, -0.1) is 4.36 Å². The van der Waals surface area contributed by atoms with Crippen molar-refractivity contribution < 1.29 is 8.42 Å². The van der Waals surface area contributed by atoms with E-state index in [2.05, 4.69) is 14.6 Å². The summed E-state index contributed by atoms with van der Waals surface area (Å²) in [6.45, 7) is 0. The van der Waals surface area contributed by atoms with Crippen molar-refractivity contribution in [3.05, 3.63) is 24.3 Å². The number of para-hydroxylation sites is 1. The summed E-state index contributed by atoms with van der Waals surface area (Å²) in [6, 6.07) is 7.18. The fourth-order valence-electron chi connectivity index (χ4n) is 1.09. The molecule has 1 heterocycles. The SMILES string of the molecule is O=S(=O)=Nc1n[nH]c2ccccc12. The van der Waals surface area contributed by atoms with E-state index in [-0.39, 0.29) is 5.82 Å². The highest BCUT2D eigenvalue weighted by Crippen LogP contribution is 2.21. The molecule has 2 aromatic rings. The first kappa shape index (κ1) is 7.93. The molecule has 1 aromatic heterocycles. The lowest BCUT2D eigenvalue weighted by Gasteiger charge is -1.84. The number of hydrogen-bond acceptors (Lipinski definition) is 4. The second kappa shape index (κ2) is 2.98. The molecule has 0 fully saturated rings. The number of rotatable bonds is 1. The molecule has 6 heteroatoms. The summed E-state index contributed by atoms with van der Waals surface area (Å²) in [6.07, 6.45) is 0. The topological polar surface area (TPSA) is 75.2 Å². The number of fused-ring (bicyclic) bond motifs is 1. The van der Waals surface area contributed by atoms with Crippen LogP contribution in [0.15, 0.2) is 28.6 Å². The number of hydrogen-bond donors (Lipinski definition) is 1. The normalized spacial score (nSPS) is 10.2. The van der Waals surface area contributed by atoms with Gasteiger partial charge in [0.25, 0.3) is 0 Å². The van der Waals surface area contributed by atoms with E-state index in [0.717, 1.165) is 5.52 Å². The summed E-state index contributed by atoms with van der Waals surface area (Å²) in [5.41, 5.74) is 0.770. The van der Waals surface area contributed by atoms with Crippen molar-refractivity contribution in [2.45, 2.75) is 0 Å². The molecule has 0 saturated carbocycles. The summed E-state index contributed by atoms with van der Waals surface area (Å²) >= 11 is 0. The summed E-state index contributed by atoms with van der Waals surface area (Å²) in [4.78, 5) is 0. The van der Waals surface area contributed by atoms with Gasteiger partial charge < -0.3 is 0 Å². The Labute approximate surface area is 75.1 Å². The Bertz CT molecular complexity index is 562. The lowest BCUT2D eigenvalue weighted by Crippen LogP contribution is -1.64. The third kappa shape index (κ3) is 1.43. The number of nitrogens with one attached hydrogen (secondary N) is 1. The Morgan fingerprint density at radius 1 is 1.31 bits per heavy atom. The van der Waals surface area contributed by atoms with Crippen molar-refractivity contribution in [2.75, 3.05) is 0 Å². The molecule has 0 unspecified atom stereocenters. The van der Waals surface area contributed by atoms with Crippen LogP contribution < -0.4 is 0 Å². The summed E-state index contributed by atoms with van der Waals surface area (Å²) < 4.78 is 23.9. The molecule has 1 N–H and O–H groups in total. The summed E-state index contributed by atoms with van der Waals surface area (Å²) in [5, 5.41) is 7.13. The van der Waals surface area contributed by atoms with Crippen molar-refractivity contribution >= 4 is 27.2 Å². The minimum Gasteiger partial charge on any atom is -0.276 e. The maximum Gasteiger partial charge on any atom is 0.317 e. The third-order valence-corrected chi connectivity index (χ3v) is 1.93. The molecular formula is C7H5N3O2S. The van der Waals surface area contributed by atoms with Gasteiger partial charge in [0.1, 0.15) is 0 Å². The Balaban J connectivity index is 2.79. The van der Waals surface area contributed by atoms with E-state index in [1.807, 2.05) is 6.07 Å². The van der Waals surface area contributed by atoms with Crippen LogP contribution in [0.3, 0.4) is 0 Å². The lowest BCUT2D eigenvalue weighted by molar-refractivity contribution is 0.622. The maximum absolute atomic E-state index is 10.3. The van der Waals surface area contributed by atoms with Gasteiger partial charge in [-0.2, -0.15) is 13.5 Å². The summed E-state index contributed by atoms with van der Waals surface area (Å²) in [5.74, 6) is 0.198. The number of benzene rings is 1. The van der Waals surface area contributed by atoms with Crippen LogP contribution in [-0.2, 0) is 10.5 Å². The molecular weight excluding hydrogens is 190 g/mol. The van der Waals surface area contributed by atoms with E-state index >= 15 is 0 Å². The van der Waals surface area contributed by atoms with Crippen molar-refractivity contribution in [1.82, 2.24) is 10.2 Å². The molecule has 0 spiro atoms. The predicted molar refractivity (Wildman–Crippen MR) is 47.1 cm³/mol. The van der Waals surface area contributed by atoms with Gasteiger partial charge in [0, 0.05) is 5.39 Å². The molecule has 5 nitrogen and oxygen atoms in total. The Hall–Kier alpha value is -1.69. The zero-order chi connectivity index (χ0) is 9.26. The van der Waals surface area contributed by atoms with E-state index in [4.69, 9.17) is 0 Å². The van der Waals surface area contributed by atoms with Crippen LogP contribution in [-0.4, -0.2) is 18.6 Å². The van der Waals surface area contributed by atoms with Gasteiger partial charge in [0.15, 0.2) is 5.82 Å². The van der Waals surface area contributed by atoms with Crippen molar-refractivity contribution in [2.24, 2.45) is 4.36 Å². The highest BCUT2D eigenvalue weighted by molar-refractivity contribution is 7.61. The molecule has 0 aliphatic heterocycles. The standard InChI is InChI=1S/C7H5N3O2S/c11-13(12)10-7-5-3-1-2-4-6(5)8-9-7/h1-4H,(H,8,9). The van der Waals surface area contributed by atoms with Gasteiger partial charge in [-0.3, -0.25) is 5.10 Å². The fraction of sp³-hybridized carbons (Fsp3) is 0. The molecule has 0 aliphatic carbocycles. The van der Waals surface area contributed by atoms with Crippen LogP contribution in [0.5, 0.6) is 0 Å². The largest absolute Gasteiger partial charge is 0.317 e.